The molecule has 1 fully saturated rings. The van der Waals surface area contributed by atoms with Crippen molar-refractivity contribution in [3.8, 4) is 0 Å². The summed E-state index contributed by atoms with van der Waals surface area (Å²) < 4.78 is 5.92. The molecule has 0 N–H and O–H groups in total. The van der Waals surface area contributed by atoms with Crippen LogP contribution in [0.5, 0.6) is 0 Å². The number of rotatable bonds is 1. The minimum absolute atomic E-state index is 0.101. The summed E-state index contributed by atoms with van der Waals surface area (Å²) >= 11 is 0. The molecule has 2 aliphatic heterocycles. The zero-order chi connectivity index (χ0) is 8.06. The lowest BCUT2D eigenvalue weighted by molar-refractivity contribution is 0.0120. The topological polar surface area (TPSA) is 9.23 Å². The summed E-state index contributed by atoms with van der Waals surface area (Å²) in [7, 11) is 0. The predicted octanol–water partition coefficient (Wildman–Crippen LogP) is 2.38. The summed E-state index contributed by atoms with van der Waals surface area (Å²) in [5.74, 6) is 1.41. The molecule has 11 heavy (non-hydrogen) atoms. The number of fused-ring (bicyclic) bond motifs is 2. The van der Waals surface area contributed by atoms with Gasteiger partial charge in [-0.15, -0.1) is 0 Å². The van der Waals surface area contributed by atoms with Crippen molar-refractivity contribution in [3.63, 3.8) is 0 Å². The summed E-state index contributed by atoms with van der Waals surface area (Å²) in [6, 6.07) is 0. The first-order chi connectivity index (χ1) is 5.19. The van der Waals surface area contributed by atoms with Crippen molar-refractivity contribution >= 4 is 0 Å². The van der Waals surface area contributed by atoms with E-state index in [0.29, 0.717) is 17.9 Å². The third kappa shape index (κ3) is 0.750. The molecule has 1 saturated heterocycles. The van der Waals surface area contributed by atoms with Gasteiger partial charge in [-0.25, -0.2) is 0 Å². The first-order valence-electron chi connectivity index (χ1n) is 4.57. The third-order valence-corrected chi connectivity index (χ3v) is 3.55. The van der Waals surface area contributed by atoms with Gasteiger partial charge >= 0.3 is 0 Å². The Morgan fingerprint density at radius 3 is 2.55 bits per heavy atom. The normalized spacial score (nSPS) is 53.9. The van der Waals surface area contributed by atoms with E-state index in [1.165, 1.54) is 0 Å². The Morgan fingerprint density at radius 2 is 2.18 bits per heavy atom. The zero-order valence-electron chi connectivity index (χ0n) is 7.50. The molecule has 4 atom stereocenters. The number of hydrogen-bond acceptors (Lipinski definition) is 1. The van der Waals surface area contributed by atoms with Crippen LogP contribution in [0.15, 0.2) is 12.2 Å². The lowest BCUT2D eigenvalue weighted by Gasteiger charge is -2.28. The van der Waals surface area contributed by atoms with Crippen LogP contribution in [0.3, 0.4) is 0 Å². The van der Waals surface area contributed by atoms with Crippen LogP contribution >= 0.6 is 0 Å². The molecule has 1 nitrogen and oxygen atoms in total. The van der Waals surface area contributed by atoms with Gasteiger partial charge in [-0.3, -0.25) is 0 Å². The minimum atomic E-state index is 0.101. The van der Waals surface area contributed by atoms with Crippen molar-refractivity contribution < 1.29 is 4.74 Å². The second kappa shape index (κ2) is 2.10. The summed E-state index contributed by atoms with van der Waals surface area (Å²) in [6.07, 6.45) is 6.02. The number of hydrogen-bond donors (Lipinski definition) is 0. The van der Waals surface area contributed by atoms with Crippen molar-refractivity contribution in [2.45, 2.75) is 38.9 Å². The minimum Gasteiger partial charge on any atom is -0.363 e. The van der Waals surface area contributed by atoms with E-state index in [0.717, 1.165) is 6.42 Å². The van der Waals surface area contributed by atoms with Gasteiger partial charge < -0.3 is 4.74 Å². The molecule has 0 aromatic rings. The second-order valence-electron chi connectivity index (χ2n) is 3.90. The molecular weight excluding hydrogens is 136 g/mol. The second-order valence-corrected chi connectivity index (χ2v) is 3.90. The maximum Gasteiger partial charge on any atom is 0.0897 e. The molecule has 0 aromatic carbocycles. The summed E-state index contributed by atoms with van der Waals surface area (Å²) in [5, 5.41) is 0. The van der Waals surface area contributed by atoms with Crippen LogP contribution in [0.4, 0.5) is 0 Å². The molecule has 62 valence electrons. The van der Waals surface area contributed by atoms with Crippen LogP contribution in [0.1, 0.15) is 27.2 Å². The smallest absolute Gasteiger partial charge is 0.0897 e. The molecule has 0 amide bonds. The van der Waals surface area contributed by atoms with E-state index < -0.39 is 0 Å². The summed E-state index contributed by atoms with van der Waals surface area (Å²) in [6.45, 7) is 6.80. The van der Waals surface area contributed by atoms with Gasteiger partial charge in [0.05, 0.1) is 11.7 Å². The van der Waals surface area contributed by atoms with Crippen molar-refractivity contribution in [2.24, 2.45) is 11.8 Å². The first-order valence-corrected chi connectivity index (χ1v) is 4.57. The maximum absolute atomic E-state index is 5.92. The van der Waals surface area contributed by atoms with Gasteiger partial charge in [-0.05, 0) is 18.3 Å². The lowest BCUT2D eigenvalue weighted by Crippen LogP contribution is -2.31. The molecule has 2 bridgehead atoms. The lowest BCUT2D eigenvalue weighted by atomic mass is 9.76. The van der Waals surface area contributed by atoms with Gasteiger partial charge in [0.1, 0.15) is 0 Å². The molecule has 4 unspecified atom stereocenters. The standard InChI is InChI=1S/C10H16O/c1-4-10-6-5-9(11-10)7(2)8(10)3/h5-9H,4H2,1-3H3. The van der Waals surface area contributed by atoms with Crippen molar-refractivity contribution in [2.75, 3.05) is 0 Å². The van der Waals surface area contributed by atoms with Crippen LogP contribution in [0, 0.1) is 11.8 Å². The molecule has 0 radical (unpaired) electrons. The highest BCUT2D eigenvalue weighted by molar-refractivity contribution is 5.20. The van der Waals surface area contributed by atoms with Crippen molar-refractivity contribution in [3.05, 3.63) is 12.2 Å². The molecule has 0 spiro atoms. The zero-order valence-corrected chi connectivity index (χ0v) is 7.50. The molecule has 2 heterocycles. The SMILES string of the molecule is CCC12C=CC(O1)C(C)C2C. The Labute approximate surface area is 68.4 Å². The van der Waals surface area contributed by atoms with Gasteiger partial charge in [0.15, 0.2) is 0 Å². The van der Waals surface area contributed by atoms with E-state index in [9.17, 15) is 0 Å². The average molecular weight is 152 g/mol. The fraction of sp³-hybridized carbons (Fsp3) is 0.800. The van der Waals surface area contributed by atoms with E-state index in [1.807, 2.05) is 0 Å². The fourth-order valence-corrected chi connectivity index (χ4v) is 2.38. The van der Waals surface area contributed by atoms with Crippen LogP contribution in [0.2, 0.25) is 0 Å². The van der Waals surface area contributed by atoms with Crippen LogP contribution in [0.25, 0.3) is 0 Å². The quantitative estimate of drug-likeness (QED) is 0.524. The molecule has 0 aliphatic carbocycles. The van der Waals surface area contributed by atoms with Gasteiger partial charge in [0, 0.05) is 0 Å². The van der Waals surface area contributed by atoms with E-state index in [-0.39, 0.29) is 5.60 Å². The predicted molar refractivity (Wildman–Crippen MR) is 45.4 cm³/mol. The Morgan fingerprint density at radius 1 is 1.45 bits per heavy atom. The van der Waals surface area contributed by atoms with E-state index in [1.54, 1.807) is 0 Å². The van der Waals surface area contributed by atoms with Gasteiger partial charge in [0.25, 0.3) is 0 Å². The van der Waals surface area contributed by atoms with Crippen LogP contribution in [-0.4, -0.2) is 11.7 Å². The monoisotopic (exact) mass is 152 g/mol. The van der Waals surface area contributed by atoms with Crippen molar-refractivity contribution in [1.29, 1.82) is 0 Å². The number of ether oxygens (including phenoxy) is 1. The highest BCUT2D eigenvalue weighted by Gasteiger charge is 2.50. The summed E-state index contributed by atoms with van der Waals surface area (Å²) in [5.41, 5.74) is 0.101. The summed E-state index contributed by atoms with van der Waals surface area (Å²) in [4.78, 5) is 0. The third-order valence-electron chi connectivity index (χ3n) is 3.55. The average Bonchev–Trinajstić information content (AvgIpc) is 2.53. The van der Waals surface area contributed by atoms with E-state index in [4.69, 9.17) is 4.74 Å². The van der Waals surface area contributed by atoms with Crippen LogP contribution in [-0.2, 0) is 4.74 Å². The van der Waals surface area contributed by atoms with Gasteiger partial charge in [-0.1, -0.05) is 32.9 Å². The molecule has 2 aliphatic rings. The Bertz CT molecular complexity index is 197. The molecule has 2 rings (SSSR count). The molecule has 0 aromatic heterocycles. The molecule has 1 heteroatoms. The fourth-order valence-electron chi connectivity index (χ4n) is 2.38. The largest absolute Gasteiger partial charge is 0.363 e. The van der Waals surface area contributed by atoms with Gasteiger partial charge in [0.2, 0.25) is 0 Å². The Kier molecular flexibility index (Phi) is 1.40. The molecular formula is C10H16O. The highest BCUT2D eigenvalue weighted by atomic mass is 16.5. The van der Waals surface area contributed by atoms with E-state index in [2.05, 4.69) is 32.9 Å². The Balaban J connectivity index is 2.31. The molecule has 0 saturated carbocycles. The van der Waals surface area contributed by atoms with Crippen LogP contribution < -0.4 is 0 Å². The highest BCUT2D eigenvalue weighted by Crippen LogP contribution is 2.48. The first kappa shape index (κ1) is 7.35. The van der Waals surface area contributed by atoms with Gasteiger partial charge in [-0.2, -0.15) is 0 Å². The van der Waals surface area contributed by atoms with E-state index >= 15 is 0 Å². The van der Waals surface area contributed by atoms with Crippen molar-refractivity contribution in [1.82, 2.24) is 0 Å². The Hall–Kier alpha value is -0.300. The maximum atomic E-state index is 5.92.